The Morgan fingerprint density at radius 1 is 0.945 bits per heavy atom. The van der Waals surface area contributed by atoms with Crippen molar-refractivity contribution in [1.29, 1.82) is 0 Å². The molecule has 4 aromatic rings. The molecule has 3 heterocycles. The third-order valence-corrected chi connectivity index (χ3v) is 12.4. The SMILES string of the molecule is COc1ccc([C@H]2C3=CC[C@@H]4C(=O)N(c5ccc(I)cc5)C(=O)[C@@H]4[C@@H]3C[C@H]3C(=O)N(Nc4ncc(C(F)(F)F)cc4Cl)C(=O)[C@@]23c2ccc(Cl)cc2)c(O)c1. The summed E-state index contributed by atoms with van der Waals surface area (Å²) in [6, 6.07) is 18.5. The molecule has 282 valence electrons. The minimum atomic E-state index is -4.76. The molecule has 2 aliphatic carbocycles. The number of phenols is 1. The molecule has 0 radical (unpaired) electrons. The van der Waals surface area contributed by atoms with Crippen molar-refractivity contribution in [2.75, 3.05) is 17.4 Å². The van der Waals surface area contributed by atoms with E-state index in [1.165, 1.54) is 18.1 Å². The molecule has 16 heteroatoms. The molecule has 1 saturated carbocycles. The fourth-order valence-electron chi connectivity index (χ4n) is 8.87. The Kier molecular flexibility index (Phi) is 9.16. The molecule has 2 saturated heterocycles. The van der Waals surface area contributed by atoms with Crippen molar-refractivity contribution in [3.05, 3.63) is 121 Å². The molecule has 0 spiro atoms. The van der Waals surface area contributed by atoms with Gasteiger partial charge in [-0.3, -0.25) is 29.5 Å². The molecular formula is C39H28Cl2F3IN4O6. The van der Waals surface area contributed by atoms with Gasteiger partial charge in [-0.05, 0) is 95.4 Å². The molecule has 4 aliphatic rings. The Hall–Kier alpha value is -4.67. The van der Waals surface area contributed by atoms with Crippen LogP contribution < -0.4 is 15.1 Å². The van der Waals surface area contributed by atoms with E-state index < -0.39 is 69.5 Å². The van der Waals surface area contributed by atoms with Crippen LogP contribution in [0, 0.1) is 27.2 Å². The normalized spacial score (nSPS) is 26.1. The number of carbonyl (C=O) groups excluding carboxylic acids is 4. The van der Waals surface area contributed by atoms with E-state index in [1.54, 1.807) is 60.7 Å². The smallest absolute Gasteiger partial charge is 0.417 e. The molecule has 8 rings (SSSR count). The lowest BCUT2D eigenvalue weighted by atomic mass is 9.49. The summed E-state index contributed by atoms with van der Waals surface area (Å²) in [6.45, 7) is 0. The summed E-state index contributed by atoms with van der Waals surface area (Å²) in [5, 5.41) is 12.2. The Bertz CT molecular complexity index is 2330. The lowest BCUT2D eigenvalue weighted by molar-refractivity contribution is -0.139. The van der Waals surface area contributed by atoms with Crippen LogP contribution in [-0.2, 0) is 30.8 Å². The average Bonchev–Trinajstić information content (AvgIpc) is 3.53. The maximum Gasteiger partial charge on any atom is 0.417 e. The molecule has 55 heavy (non-hydrogen) atoms. The number of anilines is 2. The van der Waals surface area contributed by atoms with E-state index in [4.69, 9.17) is 27.9 Å². The number of carbonyl (C=O) groups is 4. The second-order valence-corrected chi connectivity index (χ2v) is 15.9. The fraction of sp³-hybridized carbons (Fsp3) is 0.256. The summed E-state index contributed by atoms with van der Waals surface area (Å²) in [5.41, 5.74) is 1.24. The Balaban J connectivity index is 1.32. The van der Waals surface area contributed by atoms with E-state index in [0.29, 0.717) is 44.9 Å². The highest BCUT2D eigenvalue weighted by Crippen LogP contribution is 2.65. The van der Waals surface area contributed by atoms with Crippen molar-refractivity contribution in [2.24, 2.45) is 23.7 Å². The minimum Gasteiger partial charge on any atom is -0.508 e. The summed E-state index contributed by atoms with van der Waals surface area (Å²) >= 11 is 14.7. The Morgan fingerprint density at radius 3 is 2.29 bits per heavy atom. The van der Waals surface area contributed by atoms with Gasteiger partial charge in [-0.15, -0.1) is 0 Å². The van der Waals surface area contributed by atoms with Gasteiger partial charge >= 0.3 is 6.18 Å². The van der Waals surface area contributed by atoms with Crippen LogP contribution in [0.2, 0.25) is 10.0 Å². The number of nitrogens with one attached hydrogen (secondary N) is 1. The van der Waals surface area contributed by atoms with Crippen molar-refractivity contribution in [3.8, 4) is 11.5 Å². The van der Waals surface area contributed by atoms with Crippen molar-refractivity contribution in [2.45, 2.75) is 30.4 Å². The largest absolute Gasteiger partial charge is 0.508 e. The number of benzene rings is 3. The van der Waals surface area contributed by atoms with Gasteiger partial charge in [-0.1, -0.05) is 53.1 Å². The van der Waals surface area contributed by atoms with E-state index in [1.807, 2.05) is 6.08 Å². The number of alkyl halides is 3. The van der Waals surface area contributed by atoms with Crippen LogP contribution in [0.25, 0.3) is 0 Å². The molecule has 6 atom stereocenters. The maximum atomic E-state index is 15.3. The second-order valence-electron chi connectivity index (χ2n) is 13.8. The predicted octanol–water partition coefficient (Wildman–Crippen LogP) is 7.92. The highest BCUT2D eigenvalue weighted by atomic mass is 127. The number of pyridine rings is 1. The molecule has 2 N–H and O–H groups in total. The number of aromatic hydroxyl groups is 1. The molecule has 10 nitrogen and oxygen atoms in total. The van der Waals surface area contributed by atoms with Gasteiger partial charge in [0.1, 0.15) is 11.5 Å². The number of imide groups is 2. The van der Waals surface area contributed by atoms with Crippen LogP contribution in [-0.4, -0.2) is 45.8 Å². The summed E-state index contributed by atoms with van der Waals surface area (Å²) < 4.78 is 46.7. The predicted molar refractivity (Wildman–Crippen MR) is 203 cm³/mol. The molecule has 0 bridgehead atoms. The monoisotopic (exact) mass is 902 g/mol. The Labute approximate surface area is 335 Å². The number of phenolic OH excluding ortho intramolecular Hbond substituents is 1. The van der Waals surface area contributed by atoms with Gasteiger partial charge in [-0.25, -0.2) is 4.98 Å². The van der Waals surface area contributed by atoms with Gasteiger partial charge in [0, 0.05) is 32.3 Å². The number of ether oxygens (including phenoxy) is 1. The van der Waals surface area contributed by atoms with Gasteiger partial charge in [0.25, 0.3) is 11.8 Å². The van der Waals surface area contributed by atoms with E-state index in [9.17, 15) is 32.7 Å². The molecular weight excluding hydrogens is 875 g/mol. The number of hydrogen-bond acceptors (Lipinski definition) is 8. The number of nitrogens with zero attached hydrogens (tertiary/aromatic N) is 3. The zero-order valence-electron chi connectivity index (χ0n) is 28.5. The molecule has 1 aromatic heterocycles. The summed E-state index contributed by atoms with van der Waals surface area (Å²) in [6.07, 6.45) is -2.32. The third-order valence-electron chi connectivity index (χ3n) is 11.2. The lowest BCUT2D eigenvalue weighted by Crippen LogP contribution is -2.53. The first-order valence-corrected chi connectivity index (χ1v) is 18.8. The van der Waals surface area contributed by atoms with Gasteiger partial charge in [0.15, 0.2) is 5.82 Å². The first-order chi connectivity index (χ1) is 26.2. The summed E-state index contributed by atoms with van der Waals surface area (Å²) in [4.78, 5) is 63.6. The van der Waals surface area contributed by atoms with Crippen molar-refractivity contribution in [1.82, 2.24) is 9.99 Å². The quantitative estimate of drug-likeness (QED) is 0.114. The number of methoxy groups -OCH3 is 1. The van der Waals surface area contributed by atoms with Crippen LogP contribution in [0.3, 0.4) is 0 Å². The van der Waals surface area contributed by atoms with Crippen molar-refractivity contribution in [3.63, 3.8) is 0 Å². The number of hydrogen-bond donors (Lipinski definition) is 2. The fourth-order valence-corrected chi connectivity index (χ4v) is 9.56. The van der Waals surface area contributed by atoms with E-state index >= 15 is 4.79 Å². The average molecular weight is 903 g/mol. The zero-order chi connectivity index (χ0) is 39.1. The van der Waals surface area contributed by atoms with Crippen LogP contribution in [0.5, 0.6) is 11.5 Å². The summed E-state index contributed by atoms with van der Waals surface area (Å²) in [5.74, 6) is -7.48. The maximum absolute atomic E-state index is 15.3. The Morgan fingerprint density at radius 2 is 1.65 bits per heavy atom. The van der Waals surface area contributed by atoms with Gasteiger partial charge in [0.2, 0.25) is 11.8 Å². The first-order valence-electron chi connectivity index (χ1n) is 17.0. The van der Waals surface area contributed by atoms with Gasteiger partial charge < -0.3 is 9.84 Å². The van der Waals surface area contributed by atoms with Crippen LogP contribution in [0.4, 0.5) is 24.7 Å². The topological polar surface area (TPSA) is 129 Å². The molecule has 2 aliphatic heterocycles. The van der Waals surface area contributed by atoms with Gasteiger partial charge in [-0.2, -0.15) is 18.2 Å². The van der Waals surface area contributed by atoms with Crippen LogP contribution >= 0.6 is 45.8 Å². The number of fused-ring (bicyclic) bond motifs is 4. The van der Waals surface area contributed by atoms with Gasteiger partial charge in [0.05, 0.1) is 46.6 Å². The lowest BCUT2D eigenvalue weighted by Gasteiger charge is -2.50. The van der Waals surface area contributed by atoms with Crippen LogP contribution in [0.15, 0.2) is 90.6 Å². The van der Waals surface area contributed by atoms with E-state index in [-0.39, 0.29) is 35.9 Å². The van der Waals surface area contributed by atoms with E-state index in [0.717, 1.165) is 3.57 Å². The number of amides is 4. The molecule has 4 amide bonds. The summed E-state index contributed by atoms with van der Waals surface area (Å²) in [7, 11) is 1.42. The van der Waals surface area contributed by atoms with Crippen molar-refractivity contribution < 1.29 is 42.2 Å². The number of hydrazine groups is 1. The first kappa shape index (κ1) is 37.3. The number of halogens is 6. The highest BCUT2D eigenvalue weighted by Gasteiger charge is 2.70. The van der Waals surface area contributed by atoms with Crippen molar-refractivity contribution >= 4 is 80.9 Å². The van der Waals surface area contributed by atoms with Crippen LogP contribution in [0.1, 0.15) is 35.4 Å². The highest BCUT2D eigenvalue weighted by molar-refractivity contribution is 14.1. The number of rotatable bonds is 6. The number of aromatic nitrogens is 1. The second kappa shape index (κ2) is 13.5. The molecule has 0 unspecified atom stereocenters. The molecule has 3 aromatic carbocycles. The standard InChI is InChI=1S/C39H28Cl2F3IN4O6/c1-55-23-10-11-25(30(50)15-23)32-24-12-13-26-31(36(53)48(34(26)51)22-8-6-21(45)7-9-22)27(24)16-28-35(52)49(37(54)38(28,32)18-2-4-20(40)5-3-18)47-33-29(41)14-19(17-46-33)39(42,43)44/h2-12,14-15,17,26-28,31-32,50H,13,16H2,1H3,(H,46,47)/t26-,27+,28-,31-,32+,38+/m0/s1. The minimum absolute atomic E-state index is 0.0699. The zero-order valence-corrected chi connectivity index (χ0v) is 32.2. The number of allylic oxidation sites excluding steroid dienone is 2. The molecule has 3 fully saturated rings. The third kappa shape index (κ3) is 5.77. The van der Waals surface area contributed by atoms with E-state index in [2.05, 4.69) is 33.0 Å².